The van der Waals surface area contributed by atoms with Gasteiger partial charge in [-0.25, -0.2) is 9.18 Å². The van der Waals surface area contributed by atoms with Crippen LogP contribution in [0.15, 0.2) is 42.6 Å². The van der Waals surface area contributed by atoms with E-state index >= 15 is 4.39 Å². The molecule has 0 radical (unpaired) electrons. The van der Waals surface area contributed by atoms with Crippen LogP contribution in [0.2, 0.25) is 5.02 Å². The number of aromatic nitrogens is 3. The number of ether oxygens (including phenoxy) is 1. The van der Waals surface area contributed by atoms with Crippen molar-refractivity contribution in [1.29, 1.82) is 5.26 Å². The zero-order chi connectivity index (χ0) is 31.2. The predicted molar refractivity (Wildman–Crippen MR) is 167 cm³/mol. The van der Waals surface area contributed by atoms with Gasteiger partial charge in [0.15, 0.2) is 5.82 Å². The van der Waals surface area contributed by atoms with Crippen LogP contribution in [-0.4, -0.2) is 86.4 Å². The Kier molecular flexibility index (Phi) is 7.90. The number of hydrogen-bond donors (Lipinski definition) is 1. The van der Waals surface area contributed by atoms with Gasteiger partial charge in [-0.05, 0) is 38.6 Å². The lowest BCUT2D eigenvalue weighted by atomic mass is 9.94. The van der Waals surface area contributed by atoms with E-state index in [1.165, 1.54) is 4.90 Å². The second-order valence-corrected chi connectivity index (χ2v) is 12.6. The molecule has 0 saturated carbocycles. The highest BCUT2D eigenvalue weighted by molar-refractivity contribution is 6.36. The monoisotopic (exact) mass is 617 g/mol. The Morgan fingerprint density at radius 1 is 1.16 bits per heavy atom. The molecule has 0 aliphatic carbocycles. The number of benzene rings is 2. The Hall–Kier alpha value is -4.27. The van der Waals surface area contributed by atoms with E-state index in [1.54, 1.807) is 18.3 Å². The van der Waals surface area contributed by atoms with Crippen LogP contribution in [0.3, 0.4) is 0 Å². The molecule has 10 nitrogen and oxygen atoms in total. The van der Waals surface area contributed by atoms with Gasteiger partial charge in [0.2, 0.25) is 0 Å². The molecule has 2 saturated heterocycles. The summed E-state index contributed by atoms with van der Waals surface area (Å²) >= 11 is 6.57. The molecule has 4 aromatic rings. The molecule has 2 aromatic carbocycles. The molecule has 228 valence electrons. The maximum atomic E-state index is 16.6. The third-order valence-electron chi connectivity index (χ3n) is 8.52. The Morgan fingerprint density at radius 2 is 1.93 bits per heavy atom. The highest BCUT2D eigenvalue weighted by atomic mass is 35.5. The van der Waals surface area contributed by atoms with E-state index < -0.39 is 18.0 Å². The van der Waals surface area contributed by atoms with E-state index in [9.17, 15) is 15.2 Å². The molecule has 1 unspecified atom stereocenters. The lowest BCUT2D eigenvalue weighted by Crippen LogP contribution is -2.59. The summed E-state index contributed by atoms with van der Waals surface area (Å²) < 4.78 is 22.7. The van der Waals surface area contributed by atoms with Crippen molar-refractivity contribution in [3.8, 4) is 23.3 Å². The maximum absolute atomic E-state index is 16.6. The van der Waals surface area contributed by atoms with Gasteiger partial charge in [-0.15, -0.1) is 0 Å². The van der Waals surface area contributed by atoms with Crippen LogP contribution in [0.25, 0.3) is 32.9 Å². The molecule has 2 aliphatic rings. The van der Waals surface area contributed by atoms with Crippen LogP contribution in [-0.2, 0) is 0 Å². The molecule has 4 heterocycles. The quantitative estimate of drug-likeness (QED) is 0.279. The summed E-state index contributed by atoms with van der Waals surface area (Å²) in [5.74, 6) is -0.255. The number of nitriles is 1. The molecule has 2 aromatic heterocycles. The molecular formula is C32H33ClFN7O3. The molecule has 2 atom stereocenters. The predicted octanol–water partition coefficient (Wildman–Crippen LogP) is 5.97. The Bertz CT molecular complexity index is 1790. The van der Waals surface area contributed by atoms with Crippen LogP contribution in [0.4, 0.5) is 15.0 Å². The van der Waals surface area contributed by atoms with Crippen LogP contribution in [0, 0.1) is 17.1 Å². The SMILES string of the molecule is CC(C)(C)N1CCC1COc1nc(N2CCN(C(=O)O)[C@@H](CC#N)C2)c2cnc(-c3cccc4cccc(Cl)c34)c(F)c2n1. The molecule has 44 heavy (non-hydrogen) atoms. The second kappa shape index (κ2) is 11.7. The first-order chi connectivity index (χ1) is 21.1. The summed E-state index contributed by atoms with van der Waals surface area (Å²) in [5, 5.41) is 21.5. The fourth-order valence-electron chi connectivity index (χ4n) is 6.26. The number of hydrogen-bond acceptors (Lipinski definition) is 8. The molecular weight excluding hydrogens is 585 g/mol. The van der Waals surface area contributed by atoms with E-state index in [4.69, 9.17) is 21.3 Å². The number of halogens is 2. The van der Waals surface area contributed by atoms with Gasteiger partial charge in [-0.1, -0.05) is 41.9 Å². The molecule has 2 aliphatic heterocycles. The minimum atomic E-state index is -1.09. The lowest BCUT2D eigenvalue weighted by Gasteiger charge is -2.49. The Morgan fingerprint density at radius 3 is 2.61 bits per heavy atom. The third-order valence-corrected chi connectivity index (χ3v) is 8.83. The number of anilines is 1. The molecule has 6 rings (SSSR count). The number of carboxylic acid groups (broad SMARTS) is 1. The average Bonchev–Trinajstić information content (AvgIpc) is 2.96. The first-order valence-corrected chi connectivity index (χ1v) is 15.0. The van der Waals surface area contributed by atoms with E-state index in [1.807, 2.05) is 29.2 Å². The topological polar surface area (TPSA) is 119 Å². The number of carbonyl (C=O) groups is 1. The van der Waals surface area contributed by atoms with Gasteiger partial charge in [0, 0.05) is 59.9 Å². The van der Waals surface area contributed by atoms with Gasteiger partial charge in [0.25, 0.3) is 0 Å². The molecule has 1 N–H and O–H groups in total. The number of fused-ring (bicyclic) bond motifs is 2. The Balaban J connectivity index is 1.45. The molecule has 2 fully saturated rings. The van der Waals surface area contributed by atoms with E-state index in [-0.39, 0.29) is 48.3 Å². The van der Waals surface area contributed by atoms with Crippen molar-refractivity contribution in [1.82, 2.24) is 24.8 Å². The number of piperazine rings is 1. The summed E-state index contributed by atoms with van der Waals surface area (Å²) in [5.41, 5.74) is 0.656. The minimum Gasteiger partial charge on any atom is -0.465 e. The average molecular weight is 618 g/mol. The van der Waals surface area contributed by atoms with Crippen molar-refractivity contribution in [2.24, 2.45) is 0 Å². The first kappa shape index (κ1) is 29.8. The van der Waals surface area contributed by atoms with Crippen molar-refractivity contribution in [3.05, 3.63) is 53.4 Å². The van der Waals surface area contributed by atoms with Gasteiger partial charge in [0.05, 0.1) is 23.9 Å². The first-order valence-electron chi connectivity index (χ1n) is 14.6. The number of likely N-dealkylation sites (tertiary alicyclic amines) is 1. The van der Waals surface area contributed by atoms with Crippen molar-refractivity contribution in [3.63, 3.8) is 0 Å². The molecule has 1 amide bonds. The van der Waals surface area contributed by atoms with Gasteiger partial charge in [-0.3, -0.25) is 9.88 Å². The summed E-state index contributed by atoms with van der Waals surface area (Å²) in [4.78, 5) is 31.1. The highest BCUT2D eigenvalue weighted by Gasteiger charge is 2.37. The standard InChI is InChI=1S/C32H33ClFN7O3/c1-32(2,3)41-13-11-21(41)18-44-30-37-28-23(29(38-30)39-14-15-40(31(42)43)20(17-39)10-12-35)16-36-27(26(28)34)22-8-4-6-19-7-5-9-24(33)25(19)22/h4-9,16,20-21H,10-11,13-15,17-18H2,1-3H3,(H,42,43)/t20-,21?/m0/s1. The second-order valence-electron chi connectivity index (χ2n) is 12.2. The van der Waals surface area contributed by atoms with Crippen molar-refractivity contribution >= 4 is 45.2 Å². The molecule has 0 spiro atoms. The summed E-state index contributed by atoms with van der Waals surface area (Å²) in [6.45, 7) is 8.42. The lowest BCUT2D eigenvalue weighted by molar-refractivity contribution is -0.0223. The zero-order valence-electron chi connectivity index (χ0n) is 24.8. The minimum absolute atomic E-state index is 0.0120. The van der Waals surface area contributed by atoms with Gasteiger partial charge >= 0.3 is 12.1 Å². The number of pyridine rings is 1. The smallest absolute Gasteiger partial charge is 0.407 e. The van der Waals surface area contributed by atoms with E-state index in [0.29, 0.717) is 40.3 Å². The van der Waals surface area contributed by atoms with E-state index in [0.717, 1.165) is 18.4 Å². The van der Waals surface area contributed by atoms with Gasteiger partial charge < -0.3 is 19.6 Å². The van der Waals surface area contributed by atoms with E-state index in [2.05, 4.69) is 41.7 Å². The largest absolute Gasteiger partial charge is 0.465 e. The number of amides is 1. The van der Waals surface area contributed by atoms with Crippen LogP contribution >= 0.6 is 11.6 Å². The Labute approximate surface area is 259 Å². The fourth-order valence-corrected chi connectivity index (χ4v) is 6.54. The molecule has 0 bridgehead atoms. The van der Waals surface area contributed by atoms with Crippen LogP contribution in [0.1, 0.15) is 33.6 Å². The van der Waals surface area contributed by atoms with Crippen molar-refractivity contribution < 1.29 is 19.0 Å². The fraction of sp³-hybridized carbons (Fsp3) is 0.406. The summed E-state index contributed by atoms with van der Waals surface area (Å²) in [7, 11) is 0. The highest BCUT2D eigenvalue weighted by Crippen LogP contribution is 2.38. The zero-order valence-corrected chi connectivity index (χ0v) is 25.6. The molecule has 12 heteroatoms. The van der Waals surface area contributed by atoms with Gasteiger partial charge in [0.1, 0.15) is 23.6 Å². The van der Waals surface area contributed by atoms with Gasteiger partial charge in [-0.2, -0.15) is 15.2 Å². The number of nitrogens with zero attached hydrogens (tertiary/aromatic N) is 7. The number of rotatable bonds is 6. The normalized spacial score (nSPS) is 19.2. The van der Waals surface area contributed by atoms with Crippen LogP contribution < -0.4 is 9.64 Å². The van der Waals surface area contributed by atoms with Crippen LogP contribution in [0.5, 0.6) is 6.01 Å². The van der Waals surface area contributed by atoms with Crippen molar-refractivity contribution in [2.45, 2.75) is 51.2 Å². The third kappa shape index (κ3) is 5.44. The summed E-state index contributed by atoms with van der Waals surface area (Å²) in [6, 6.07) is 12.7. The summed E-state index contributed by atoms with van der Waals surface area (Å²) in [6.07, 6.45) is 1.43. The van der Waals surface area contributed by atoms with Crippen molar-refractivity contribution in [2.75, 3.05) is 37.7 Å². The maximum Gasteiger partial charge on any atom is 0.407 e.